The number of pyridine rings is 2. The summed E-state index contributed by atoms with van der Waals surface area (Å²) in [6, 6.07) is 7.08. The first-order valence-electron chi connectivity index (χ1n) is 5.99. The third-order valence-electron chi connectivity index (χ3n) is 3.13. The molecule has 2 N–H and O–H groups in total. The molecule has 5 heteroatoms. The number of nitrogens with two attached hydrogens (primary N) is 1. The molecule has 0 bridgehead atoms. The number of nitrogens with zero attached hydrogens (tertiary/aromatic N) is 3. The zero-order chi connectivity index (χ0) is 13.8. The molecule has 0 aromatic carbocycles. The highest BCUT2D eigenvalue weighted by Crippen LogP contribution is 2.20. The molecule has 1 unspecified atom stereocenters. The first-order valence-corrected chi connectivity index (χ1v) is 5.99. The van der Waals surface area contributed by atoms with Crippen LogP contribution in [0.5, 0.6) is 0 Å². The molecule has 0 aliphatic carbocycles. The first-order chi connectivity index (χ1) is 9.11. The molecule has 1 atom stereocenters. The molecule has 2 rings (SSSR count). The van der Waals surface area contributed by atoms with Gasteiger partial charge < -0.3 is 10.6 Å². The van der Waals surface area contributed by atoms with E-state index < -0.39 is 0 Å². The van der Waals surface area contributed by atoms with E-state index in [-0.39, 0.29) is 17.6 Å². The van der Waals surface area contributed by atoms with Crippen LogP contribution in [-0.2, 0) is 0 Å². The second-order valence-electron chi connectivity index (χ2n) is 4.31. The second-order valence-corrected chi connectivity index (χ2v) is 4.31. The molecule has 2 heterocycles. The van der Waals surface area contributed by atoms with Gasteiger partial charge in [-0.15, -0.1) is 0 Å². The molecule has 0 saturated heterocycles. The summed E-state index contributed by atoms with van der Waals surface area (Å²) in [5.74, 6) is -0.192. The van der Waals surface area contributed by atoms with Gasteiger partial charge in [-0.25, -0.2) is 4.98 Å². The van der Waals surface area contributed by atoms with Gasteiger partial charge in [0.1, 0.15) is 0 Å². The van der Waals surface area contributed by atoms with Crippen LogP contribution >= 0.6 is 0 Å². The largest absolute Gasteiger partial charge is 0.397 e. The SMILES string of the molecule is CC(c1ccncc1)N(C)C(=O)c1ncccc1N. The molecule has 0 aliphatic heterocycles. The molecule has 98 valence electrons. The van der Waals surface area contributed by atoms with Gasteiger partial charge in [-0.05, 0) is 36.8 Å². The lowest BCUT2D eigenvalue weighted by molar-refractivity contribution is 0.0738. The zero-order valence-corrected chi connectivity index (χ0v) is 10.9. The van der Waals surface area contributed by atoms with Gasteiger partial charge >= 0.3 is 0 Å². The molecule has 0 aliphatic rings. The van der Waals surface area contributed by atoms with Crippen LogP contribution in [0.3, 0.4) is 0 Å². The molecule has 0 spiro atoms. The Morgan fingerprint density at radius 2 is 1.95 bits per heavy atom. The lowest BCUT2D eigenvalue weighted by Crippen LogP contribution is -2.30. The summed E-state index contributed by atoms with van der Waals surface area (Å²) in [4.78, 5) is 22.0. The van der Waals surface area contributed by atoms with Crippen molar-refractivity contribution in [1.29, 1.82) is 0 Å². The number of nitrogen functional groups attached to an aromatic ring is 1. The topological polar surface area (TPSA) is 72.1 Å². The van der Waals surface area contributed by atoms with Crippen molar-refractivity contribution in [2.75, 3.05) is 12.8 Å². The molecule has 5 nitrogen and oxygen atoms in total. The van der Waals surface area contributed by atoms with E-state index in [0.717, 1.165) is 5.56 Å². The van der Waals surface area contributed by atoms with Crippen molar-refractivity contribution < 1.29 is 4.79 Å². The zero-order valence-electron chi connectivity index (χ0n) is 10.9. The van der Waals surface area contributed by atoms with Crippen molar-refractivity contribution >= 4 is 11.6 Å². The van der Waals surface area contributed by atoms with Crippen LogP contribution in [0.25, 0.3) is 0 Å². The predicted molar refractivity (Wildman–Crippen MR) is 73.4 cm³/mol. The van der Waals surface area contributed by atoms with E-state index in [9.17, 15) is 4.79 Å². The standard InChI is InChI=1S/C14H16N4O/c1-10(11-5-8-16-9-6-11)18(2)14(19)13-12(15)4-3-7-17-13/h3-10H,15H2,1-2H3. The number of anilines is 1. The van der Waals surface area contributed by atoms with Gasteiger partial charge in [0, 0.05) is 25.6 Å². The highest BCUT2D eigenvalue weighted by atomic mass is 16.2. The third kappa shape index (κ3) is 2.70. The number of carbonyl (C=O) groups excluding carboxylic acids is 1. The normalized spacial score (nSPS) is 11.9. The fourth-order valence-corrected chi connectivity index (χ4v) is 1.80. The van der Waals surface area contributed by atoms with Gasteiger partial charge in [0.15, 0.2) is 5.69 Å². The molecule has 0 fully saturated rings. The minimum absolute atomic E-state index is 0.0723. The van der Waals surface area contributed by atoms with E-state index in [4.69, 9.17) is 5.73 Å². The lowest BCUT2D eigenvalue weighted by Gasteiger charge is -2.25. The number of hydrogen-bond acceptors (Lipinski definition) is 4. The molecule has 2 aromatic rings. The van der Waals surface area contributed by atoms with Gasteiger partial charge in [-0.2, -0.15) is 0 Å². The average Bonchev–Trinajstić information content (AvgIpc) is 2.46. The van der Waals surface area contributed by atoms with Crippen LogP contribution in [0.15, 0.2) is 42.9 Å². The first kappa shape index (κ1) is 13.0. The van der Waals surface area contributed by atoms with E-state index >= 15 is 0 Å². The average molecular weight is 256 g/mol. The van der Waals surface area contributed by atoms with Crippen LogP contribution in [0.4, 0.5) is 5.69 Å². The number of amides is 1. The number of carbonyl (C=O) groups is 1. The Morgan fingerprint density at radius 3 is 2.58 bits per heavy atom. The van der Waals surface area contributed by atoms with Crippen molar-refractivity contribution in [3.05, 3.63) is 54.1 Å². The van der Waals surface area contributed by atoms with Gasteiger partial charge in [0.25, 0.3) is 5.91 Å². The van der Waals surface area contributed by atoms with Crippen molar-refractivity contribution in [1.82, 2.24) is 14.9 Å². The summed E-state index contributed by atoms with van der Waals surface area (Å²) >= 11 is 0. The van der Waals surface area contributed by atoms with Gasteiger partial charge in [-0.1, -0.05) is 0 Å². The Morgan fingerprint density at radius 1 is 1.26 bits per heavy atom. The minimum Gasteiger partial charge on any atom is -0.397 e. The summed E-state index contributed by atoms with van der Waals surface area (Å²) < 4.78 is 0. The minimum atomic E-state index is -0.192. The molecule has 0 radical (unpaired) electrons. The van der Waals surface area contributed by atoms with Crippen LogP contribution in [0.1, 0.15) is 29.0 Å². The maximum Gasteiger partial charge on any atom is 0.274 e. The monoisotopic (exact) mass is 256 g/mol. The fourth-order valence-electron chi connectivity index (χ4n) is 1.80. The van der Waals surface area contributed by atoms with Gasteiger partial charge in [0.05, 0.1) is 11.7 Å². The van der Waals surface area contributed by atoms with E-state index in [0.29, 0.717) is 5.69 Å². The Labute approximate surface area is 112 Å². The Kier molecular flexibility index (Phi) is 3.75. The van der Waals surface area contributed by atoms with Crippen LogP contribution in [0, 0.1) is 0 Å². The molecule has 19 heavy (non-hydrogen) atoms. The van der Waals surface area contributed by atoms with Crippen molar-refractivity contribution in [3.8, 4) is 0 Å². The maximum absolute atomic E-state index is 12.3. The summed E-state index contributed by atoms with van der Waals surface area (Å²) in [6.45, 7) is 1.95. The molecule has 1 amide bonds. The summed E-state index contributed by atoms with van der Waals surface area (Å²) in [5.41, 5.74) is 7.47. The fraction of sp³-hybridized carbons (Fsp3) is 0.214. The molecule has 0 saturated carbocycles. The Bertz CT molecular complexity index is 571. The summed E-state index contributed by atoms with van der Waals surface area (Å²) in [7, 11) is 1.74. The second kappa shape index (κ2) is 5.48. The van der Waals surface area contributed by atoms with Crippen LogP contribution in [-0.4, -0.2) is 27.8 Å². The van der Waals surface area contributed by atoms with E-state index in [1.165, 1.54) is 0 Å². The van der Waals surface area contributed by atoms with Gasteiger partial charge in [0.2, 0.25) is 0 Å². The van der Waals surface area contributed by atoms with Crippen molar-refractivity contribution in [2.24, 2.45) is 0 Å². The van der Waals surface area contributed by atoms with Crippen LogP contribution in [0.2, 0.25) is 0 Å². The van der Waals surface area contributed by atoms with Gasteiger partial charge in [-0.3, -0.25) is 9.78 Å². The molecule has 2 aromatic heterocycles. The smallest absolute Gasteiger partial charge is 0.274 e. The number of aromatic nitrogens is 2. The maximum atomic E-state index is 12.3. The molecular weight excluding hydrogens is 240 g/mol. The van der Waals surface area contributed by atoms with E-state index in [2.05, 4.69) is 9.97 Å². The summed E-state index contributed by atoms with van der Waals surface area (Å²) in [6.07, 6.45) is 4.98. The summed E-state index contributed by atoms with van der Waals surface area (Å²) in [5, 5.41) is 0. The predicted octanol–water partition coefficient (Wildman–Crippen LogP) is 1.89. The Hall–Kier alpha value is -2.43. The van der Waals surface area contributed by atoms with E-state index in [1.807, 2.05) is 19.1 Å². The van der Waals surface area contributed by atoms with Crippen molar-refractivity contribution in [3.63, 3.8) is 0 Å². The van der Waals surface area contributed by atoms with Crippen LogP contribution < -0.4 is 5.73 Å². The van der Waals surface area contributed by atoms with Crippen molar-refractivity contribution in [2.45, 2.75) is 13.0 Å². The number of rotatable bonds is 3. The highest BCUT2D eigenvalue weighted by Gasteiger charge is 2.21. The quantitative estimate of drug-likeness (QED) is 0.910. The highest BCUT2D eigenvalue weighted by molar-refractivity contribution is 5.97. The Balaban J connectivity index is 2.23. The lowest BCUT2D eigenvalue weighted by atomic mass is 10.1. The van der Waals surface area contributed by atoms with E-state index in [1.54, 1.807) is 42.7 Å². The third-order valence-corrected chi connectivity index (χ3v) is 3.13. The molecular formula is C14H16N4O. The number of hydrogen-bond donors (Lipinski definition) is 1.